The molecule has 2 aromatic carbocycles. The van der Waals surface area contributed by atoms with E-state index in [0.29, 0.717) is 6.54 Å². The van der Waals surface area contributed by atoms with Gasteiger partial charge in [0.05, 0.1) is 11.0 Å². The number of hydrogen-bond acceptors (Lipinski definition) is 7. The molecular weight excluding hydrogens is 380 g/mol. The molecule has 0 saturated heterocycles. The highest BCUT2D eigenvalue weighted by molar-refractivity contribution is 5.96. The number of ether oxygens (including phenoxy) is 3. The predicted octanol–water partition coefficient (Wildman–Crippen LogP) is 2.49. The minimum absolute atomic E-state index is 0.188. The minimum atomic E-state index is -0.981. The van der Waals surface area contributed by atoms with Crippen LogP contribution in [0.2, 0.25) is 0 Å². The number of nitro groups is 1. The number of nitrogens with zero attached hydrogens (tertiary/aromatic N) is 2. The van der Waals surface area contributed by atoms with Crippen molar-refractivity contribution in [3.63, 3.8) is 0 Å². The summed E-state index contributed by atoms with van der Waals surface area (Å²) in [5, 5.41) is 11.3. The van der Waals surface area contributed by atoms with Gasteiger partial charge in [0, 0.05) is 19.7 Å². The summed E-state index contributed by atoms with van der Waals surface area (Å²) >= 11 is 0. The van der Waals surface area contributed by atoms with Gasteiger partial charge < -0.3 is 19.1 Å². The van der Waals surface area contributed by atoms with Gasteiger partial charge in [0.25, 0.3) is 11.6 Å². The molecule has 0 fully saturated rings. The number of benzene rings is 2. The zero-order valence-corrected chi connectivity index (χ0v) is 16.0. The van der Waals surface area contributed by atoms with Gasteiger partial charge in [-0.15, -0.1) is 0 Å². The van der Waals surface area contributed by atoms with Crippen molar-refractivity contribution in [2.45, 2.75) is 13.5 Å². The average Bonchev–Trinajstić information content (AvgIpc) is 2.72. The molecule has 1 heterocycles. The zero-order chi connectivity index (χ0) is 21.0. The first-order valence-corrected chi connectivity index (χ1v) is 8.90. The summed E-state index contributed by atoms with van der Waals surface area (Å²) in [5.74, 6) is -1.00. The van der Waals surface area contributed by atoms with Crippen LogP contribution in [0.25, 0.3) is 0 Å². The number of hydrogen-bond donors (Lipinski definition) is 0. The summed E-state index contributed by atoms with van der Waals surface area (Å²) in [5.41, 5.74) is 1.27. The molecule has 0 aromatic heterocycles. The van der Waals surface area contributed by atoms with Gasteiger partial charge in [-0.05, 0) is 12.5 Å². The van der Waals surface area contributed by atoms with Gasteiger partial charge in [0.2, 0.25) is 0 Å². The molecule has 0 atom stereocenters. The summed E-state index contributed by atoms with van der Waals surface area (Å²) in [4.78, 5) is 36.7. The largest absolute Gasteiger partial charge is 0.486 e. The van der Waals surface area contributed by atoms with E-state index in [0.717, 1.165) is 17.2 Å². The Kier molecular flexibility index (Phi) is 5.96. The number of carbonyl (C=O) groups is 2. The van der Waals surface area contributed by atoms with Crippen molar-refractivity contribution in [3.05, 3.63) is 63.2 Å². The molecule has 0 saturated carbocycles. The second-order valence-electron chi connectivity index (χ2n) is 6.58. The molecule has 0 unspecified atom stereocenters. The second-order valence-corrected chi connectivity index (χ2v) is 6.58. The molecule has 2 aromatic rings. The van der Waals surface area contributed by atoms with Crippen LogP contribution in [-0.2, 0) is 16.1 Å². The third-order valence-electron chi connectivity index (χ3n) is 4.37. The maximum absolute atomic E-state index is 12.4. The quantitative estimate of drug-likeness (QED) is 0.416. The lowest BCUT2D eigenvalue weighted by molar-refractivity contribution is -0.385. The van der Waals surface area contributed by atoms with Crippen LogP contribution in [0.15, 0.2) is 36.4 Å². The Bertz CT molecular complexity index is 941. The molecule has 9 nitrogen and oxygen atoms in total. The first-order valence-electron chi connectivity index (χ1n) is 8.90. The smallest absolute Gasteiger partial charge is 0.345 e. The van der Waals surface area contributed by atoms with Crippen LogP contribution in [0, 0.1) is 17.0 Å². The Morgan fingerprint density at radius 2 is 1.76 bits per heavy atom. The van der Waals surface area contributed by atoms with Crippen LogP contribution < -0.4 is 9.47 Å². The molecule has 0 N–H and O–H groups in total. The summed E-state index contributed by atoms with van der Waals surface area (Å²) in [6.45, 7) is 2.31. The average molecular weight is 400 g/mol. The molecule has 1 aliphatic heterocycles. The first-order chi connectivity index (χ1) is 13.8. The lowest BCUT2D eigenvalue weighted by Crippen LogP contribution is -2.31. The number of fused-ring (bicyclic) bond motifs is 1. The number of esters is 1. The molecule has 152 valence electrons. The van der Waals surface area contributed by atoms with E-state index in [1.165, 1.54) is 11.0 Å². The van der Waals surface area contributed by atoms with Crippen molar-refractivity contribution < 1.29 is 28.7 Å². The van der Waals surface area contributed by atoms with Gasteiger partial charge in [-0.1, -0.05) is 29.8 Å². The fraction of sp³-hybridized carbons (Fsp3) is 0.300. The molecule has 1 aliphatic rings. The van der Waals surface area contributed by atoms with Gasteiger partial charge in [-0.25, -0.2) is 4.79 Å². The van der Waals surface area contributed by atoms with Crippen molar-refractivity contribution in [1.29, 1.82) is 0 Å². The molecule has 0 bridgehead atoms. The second kappa shape index (κ2) is 8.59. The van der Waals surface area contributed by atoms with Crippen LogP contribution in [0.1, 0.15) is 21.5 Å². The third kappa shape index (κ3) is 4.81. The standard InChI is InChI=1S/C20H20N2O7/c1-13-3-5-14(6-4-13)11-21(2)19(23)12-29-20(24)15-9-17-18(28-8-7-27-17)10-16(15)22(25)26/h3-6,9-10H,7-8,11-12H2,1-2H3. The molecule has 1 amide bonds. The molecule has 3 rings (SSSR count). The van der Waals surface area contributed by atoms with E-state index < -0.39 is 29.1 Å². The molecular formula is C20H20N2O7. The van der Waals surface area contributed by atoms with Gasteiger partial charge in [-0.3, -0.25) is 14.9 Å². The number of nitro benzene ring substituents is 1. The number of aryl methyl sites for hydroxylation is 1. The lowest BCUT2D eigenvalue weighted by Gasteiger charge is -2.19. The normalized spacial score (nSPS) is 12.2. The zero-order valence-electron chi connectivity index (χ0n) is 16.0. The van der Waals surface area contributed by atoms with Gasteiger partial charge in [0.1, 0.15) is 18.8 Å². The highest BCUT2D eigenvalue weighted by Crippen LogP contribution is 2.36. The van der Waals surface area contributed by atoms with Gasteiger partial charge in [0.15, 0.2) is 18.1 Å². The fourth-order valence-electron chi connectivity index (χ4n) is 2.76. The van der Waals surface area contributed by atoms with Gasteiger partial charge >= 0.3 is 5.97 Å². The number of amides is 1. The Hall–Kier alpha value is -3.62. The van der Waals surface area contributed by atoms with Crippen LogP contribution in [0.4, 0.5) is 5.69 Å². The maximum Gasteiger partial charge on any atom is 0.345 e. The molecule has 0 spiro atoms. The fourth-order valence-corrected chi connectivity index (χ4v) is 2.76. The van der Waals surface area contributed by atoms with E-state index in [1.807, 2.05) is 31.2 Å². The monoisotopic (exact) mass is 400 g/mol. The van der Waals surface area contributed by atoms with Crippen molar-refractivity contribution in [2.75, 3.05) is 26.9 Å². The SMILES string of the molecule is Cc1ccc(CN(C)C(=O)COC(=O)c2cc3c(cc2[N+](=O)[O-])OCCO3)cc1. The first kappa shape index (κ1) is 20.1. The summed E-state index contributed by atoms with van der Waals surface area (Å²) in [6, 6.07) is 10.0. The van der Waals surface area contributed by atoms with Crippen LogP contribution >= 0.6 is 0 Å². The van der Waals surface area contributed by atoms with E-state index in [1.54, 1.807) is 7.05 Å². The van der Waals surface area contributed by atoms with Gasteiger partial charge in [-0.2, -0.15) is 0 Å². The topological polar surface area (TPSA) is 108 Å². The van der Waals surface area contributed by atoms with Crippen LogP contribution in [-0.4, -0.2) is 48.6 Å². The highest BCUT2D eigenvalue weighted by atomic mass is 16.6. The predicted molar refractivity (Wildman–Crippen MR) is 102 cm³/mol. The van der Waals surface area contributed by atoms with Crippen molar-refractivity contribution in [3.8, 4) is 11.5 Å². The highest BCUT2D eigenvalue weighted by Gasteiger charge is 2.28. The Labute approximate surface area is 166 Å². The number of carbonyl (C=O) groups excluding carboxylic acids is 2. The maximum atomic E-state index is 12.4. The van der Waals surface area contributed by atoms with E-state index in [4.69, 9.17) is 14.2 Å². The van der Waals surface area contributed by atoms with Crippen LogP contribution in [0.5, 0.6) is 11.5 Å². The van der Waals surface area contributed by atoms with E-state index >= 15 is 0 Å². The Morgan fingerprint density at radius 3 is 2.38 bits per heavy atom. The molecule has 0 radical (unpaired) electrons. The van der Waals surface area contributed by atoms with Crippen LogP contribution in [0.3, 0.4) is 0 Å². The third-order valence-corrected chi connectivity index (χ3v) is 4.37. The van der Waals surface area contributed by atoms with E-state index in [9.17, 15) is 19.7 Å². The number of likely N-dealkylation sites (N-methyl/N-ethyl adjacent to an activating group) is 1. The summed E-state index contributed by atoms with van der Waals surface area (Å²) in [7, 11) is 1.59. The van der Waals surface area contributed by atoms with Crippen molar-refractivity contribution in [1.82, 2.24) is 4.90 Å². The van der Waals surface area contributed by atoms with E-state index in [-0.39, 0.29) is 30.3 Å². The Morgan fingerprint density at radius 1 is 1.14 bits per heavy atom. The van der Waals surface area contributed by atoms with Crippen molar-refractivity contribution in [2.24, 2.45) is 0 Å². The lowest BCUT2D eigenvalue weighted by atomic mass is 10.1. The molecule has 29 heavy (non-hydrogen) atoms. The Balaban J connectivity index is 1.66. The number of rotatable bonds is 6. The molecule has 0 aliphatic carbocycles. The molecule has 9 heteroatoms. The minimum Gasteiger partial charge on any atom is -0.486 e. The van der Waals surface area contributed by atoms with E-state index in [2.05, 4.69) is 0 Å². The van der Waals surface area contributed by atoms with Crippen molar-refractivity contribution >= 4 is 17.6 Å². The summed E-state index contributed by atoms with van der Waals surface area (Å²) in [6.07, 6.45) is 0. The summed E-state index contributed by atoms with van der Waals surface area (Å²) < 4.78 is 15.7.